The summed E-state index contributed by atoms with van der Waals surface area (Å²) >= 11 is 11.6. The standard InChI is InChI=1S/C20H24ClFN6S/c1-11-15(13(3)27(5)25-11)9-23-20(29)24-19-12(2)26-28(14(19)4)10-16-17(21)7-6-8-18(16)22/h6-8H,9-10H2,1-5H3,(H2,23,24,29). The Morgan fingerprint density at radius 1 is 1.10 bits per heavy atom. The molecule has 29 heavy (non-hydrogen) atoms. The lowest BCUT2D eigenvalue weighted by atomic mass is 10.2. The summed E-state index contributed by atoms with van der Waals surface area (Å²) in [5.41, 5.74) is 6.02. The van der Waals surface area contributed by atoms with E-state index in [1.165, 1.54) is 6.07 Å². The van der Waals surface area contributed by atoms with E-state index in [1.54, 1.807) is 16.8 Å². The summed E-state index contributed by atoms with van der Waals surface area (Å²) in [5.74, 6) is -0.348. The van der Waals surface area contributed by atoms with Gasteiger partial charge in [0, 0.05) is 35.4 Å². The van der Waals surface area contributed by atoms with Crippen LogP contribution in [-0.4, -0.2) is 24.7 Å². The van der Waals surface area contributed by atoms with E-state index in [0.29, 0.717) is 22.2 Å². The van der Waals surface area contributed by atoms with Gasteiger partial charge in [0.15, 0.2) is 5.11 Å². The van der Waals surface area contributed by atoms with E-state index in [1.807, 2.05) is 39.4 Å². The third-order valence-corrected chi connectivity index (χ3v) is 5.67. The first-order chi connectivity index (χ1) is 13.7. The van der Waals surface area contributed by atoms with Gasteiger partial charge in [-0.2, -0.15) is 10.2 Å². The highest BCUT2D eigenvalue weighted by Gasteiger charge is 2.16. The molecule has 0 unspecified atom stereocenters. The maximum atomic E-state index is 14.1. The molecule has 0 aliphatic rings. The molecule has 154 valence electrons. The highest BCUT2D eigenvalue weighted by Crippen LogP contribution is 2.24. The summed E-state index contributed by atoms with van der Waals surface area (Å²) in [6.07, 6.45) is 0. The maximum absolute atomic E-state index is 14.1. The van der Waals surface area contributed by atoms with Crippen LogP contribution in [0.5, 0.6) is 0 Å². The fourth-order valence-corrected chi connectivity index (χ4v) is 3.66. The highest BCUT2D eigenvalue weighted by atomic mass is 35.5. The molecule has 0 spiro atoms. The van der Waals surface area contributed by atoms with E-state index >= 15 is 0 Å². The minimum absolute atomic E-state index is 0.244. The van der Waals surface area contributed by atoms with Gasteiger partial charge in [0.05, 0.1) is 29.3 Å². The minimum atomic E-state index is -0.348. The SMILES string of the molecule is Cc1nn(C)c(C)c1CNC(=S)Nc1c(C)nn(Cc2c(F)cccc2Cl)c1C. The van der Waals surface area contributed by atoms with Crippen molar-refractivity contribution in [2.45, 2.75) is 40.8 Å². The molecule has 0 saturated carbocycles. The number of rotatable bonds is 5. The van der Waals surface area contributed by atoms with Gasteiger partial charge in [0.25, 0.3) is 0 Å². The molecule has 0 aliphatic carbocycles. The number of halogens is 2. The Labute approximate surface area is 180 Å². The molecule has 2 heterocycles. The molecule has 0 aliphatic heterocycles. The molecule has 0 saturated heterocycles. The summed E-state index contributed by atoms with van der Waals surface area (Å²) in [5, 5.41) is 16.2. The van der Waals surface area contributed by atoms with Gasteiger partial charge < -0.3 is 10.6 Å². The number of benzene rings is 1. The summed E-state index contributed by atoms with van der Waals surface area (Å²) in [4.78, 5) is 0. The van der Waals surface area contributed by atoms with Crippen LogP contribution in [0.25, 0.3) is 0 Å². The maximum Gasteiger partial charge on any atom is 0.171 e. The first kappa shape index (κ1) is 21.3. The van der Waals surface area contributed by atoms with Crippen molar-refractivity contribution in [3.05, 3.63) is 62.9 Å². The van der Waals surface area contributed by atoms with E-state index in [0.717, 1.165) is 34.0 Å². The average Bonchev–Trinajstić information content (AvgIpc) is 3.05. The predicted octanol–water partition coefficient (Wildman–Crippen LogP) is 4.18. The first-order valence-corrected chi connectivity index (χ1v) is 9.98. The van der Waals surface area contributed by atoms with Crippen LogP contribution in [0.15, 0.2) is 18.2 Å². The van der Waals surface area contributed by atoms with Gasteiger partial charge in [-0.05, 0) is 52.0 Å². The van der Waals surface area contributed by atoms with Crippen LogP contribution in [0.3, 0.4) is 0 Å². The van der Waals surface area contributed by atoms with Crippen molar-refractivity contribution in [1.82, 2.24) is 24.9 Å². The number of anilines is 1. The van der Waals surface area contributed by atoms with Crippen molar-refractivity contribution in [1.29, 1.82) is 0 Å². The van der Waals surface area contributed by atoms with Gasteiger partial charge in [-0.1, -0.05) is 17.7 Å². The Bertz CT molecular complexity index is 1050. The van der Waals surface area contributed by atoms with Crippen molar-refractivity contribution >= 4 is 34.6 Å². The molecule has 0 bridgehead atoms. The van der Waals surface area contributed by atoms with Crippen LogP contribution < -0.4 is 10.6 Å². The number of nitrogens with one attached hydrogen (secondary N) is 2. The molecule has 2 N–H and O–H groups in total. The van der Waals surface area contributed by atoms with Crippen molar-refractivity contribution in [3.63, 3.8) is 0 Å². The predicted molar refractivity (Wildman–Crippen MR) is 118 cm³/mol. The number of hydrogen-bond acceptors (Lipinski definition) is 3. The Balaban J connectivity index is 1.72. The van der Waals surface area contributed by atoms with Crippen LogP contribution in [0.2, 0.25) is 5.02 Å². The molecule has 0 radical (unpaired) electrons. The highest BCUT2D eigenvalue weighted by molar-refractivity contribution is 7.80. The second-order valence-corrected chi connectivity index (χ2v) is 7.80. The zero-order chi connectivity index (χ0) is 21.3. The third kappa shape index (κ3) is 4.43. The molecule has 3 aromatic rings. The number of aromatic nitrogens is 4. The molecule has 9 heteroatoms. The number of hydrogen-bond donors (Lipinski definition) is 2. The lowest BCUT2D eigenvalue weighted by Gasteiger charge is -2.12. The molecule has 0 atom stereocenters. The summed E-state index contributed by atoms with van der Waals surface area (Å²) in [7, 11) is 1.92. The van der Waals surface area contributed by atoms with Crippen LogP contribution >= 0.6 is 23.8 Å². The Kier molecular flexibility index (Phi) is 6.24. The smallest absolute Gasteiger partial charge is 0.171 e. The average molecular weight is 435 g/mol. The van der Waals surface area contributed by atoms with Crippen LogP contribution in [0.4, 0.5) is 10.1 Å². The summed E-state index contributed by atoms with van der Waals surface area (Å²) in [6.45, 7) is 8.62. The number of nitrogens with zero attached hydrogens (tertiary/aromatic N) is 4. The monoisotopic (exact) mass is 434 g/mol. The molecule has 6 nitrogen and oxygen atoms in total. The van der Waals surface area contributed by atoms with E-state index in [-0.39, 0.29) is 12.4 Å². The largest absolute Gasteiger partial charge is 0.358 e. The van der Waals surface area contributed by atoms with Gasteiger partial charge in [0.2, 0.25) is 0 Å². The molecule has 1 aromatic carbocycles. The Hall–Kier alpha value is -2.45. The van der Waals surface area contributed by atoms with Gasteiger partial charge in [-0.25, -0.2) is 4.39 Å². The zero-order valence-corrected chi connectivity index (χ0v) is 18.7. The van der Waals surface area contributed by atoms with Crippen LogP contribution in [0, 0.1) is 33.5 Å². The molecule has 3 rings (SSSR count). The molecular formula is C20H24ClFN6S. The van der Waals surface area contributed by atoms with E-state index < -0.39 is 0 Å². The second-order valence-electron chi connectivity index (χ2n) is 6.98. The quantitative estimate of drug-likeness (QED) is 0.590. The van der Waals surface area contributed by atoms with Gasteiger partial charge >= 0.3 is 0 Å². The lowest BCUT2D eigenvalue weighted by Crippen LogP contribution is -2.28. The van der Waals surface area contributed by atoms with E-state index in [9.17, 15) is 4.39 Å². The van der Waals surface area contributed by atoms with E-state index in [2.05, 4.69) is 20.8 Å². The molecule has 0 fully saturated rings. The number of thiocarbonyl (C=S) groups is 1. The summed E-state index contributed by atoms with van der Waals surface area (Å²) < 4.78 is 17.7. The Morgan fingerprint density at radius 2 is 1.83 bits per heavy atom. The number of aryl methyl sites for hydroxylation is 3. The first-order valence-electron chi connectivity index (χ1n) is 9.19. The van der Waals surface area contributed by atoms with Crippen LogP contribution in [-0.2, 0) is 20.1 Å². The van der Waals surface area contributed by atoms with Crippen molar-refractivity contribution in [3.8, 4) is 0 Å². The van der Waals surface area contributed by atoms with Crippen molar-refractivity contribution < 1.29 is 4.39 Å². The second kappa shape index (κ2) is 8.51. The topological polar surface area (TPSA) is 59.7 Å². The minimum Gasteiger partial charge on any atom is -0.358 e. The van der Waals surface area contributed by atoms with Gasteiger partial charge in [0.1, 0.15) is 5.82 Å². The molecule has 2 aromatic heterocycles. The fraction of sp³-hybridized carbons (Fsp3) is 0.350. The van der Waals surface area contributed by atoms with Gasteiger partial charge in [-0.3, -0.25) is 9.36 Å². The molecular weight excluding hydrogens is 411 g/mol. The Morgan fingerprint density at radius 3 is 2.45 bits per heavy atom. The zero-order valence-electron chi connectivity index (χ0n) is 17.1. The summed E-state index contributed by atoms with van der Waals surface area (Å²) in [6, 6.07) is 4.66. The van der Waals surface area contributed by atoms with Crippen molar-refractivity contribution in [2.24, 2.45) is 7.05 Å². The van der Waals surface area contributed by atoms with E-state index in [4.69, 9.17) is 23.8 Å². The third-order valence-electron chi connectivity index (χ3n) is 5.07. The normalized spacial score (nSPS) is 11.0. The molecule has 0 amide bonds. The van der Waals surface area contributed by atoms with Crippen LogP contribution in [0.1, 0.15) is 33.9 Å². The fourth-order valence-electron chi connectivity index (χ4n) is 3.26. The van der Waals surface area contributed by atoms with Crippen molar-refractivity contribution in [2.75, 3.05) is 5.32 Å². The lowest BCUT2D eigenvalue weighted by molar-refractivity contribution is 0.579. The van der Waals surface area contributed by atoms with Gasteiger partial charge in [-0.15, -0.1) is 0 Å².